The minimum atomic E-state index is -3.58. The largest absolute Gasteiger partial charge is 0.315 e. The number of halogens is 3. The smallest absolute Gasteiger partial charge is 0.240 e. The van der Waals surface area contributed by atoms with Crippen molar-refractivity contribution in [2.45, 2.75) is 24.3 Å². The maximum absolute atomic E-state index is 12.6. The molecule has 1 aromatic heterocycles. The van der Waals surface area contributed by atoms with E-state index in [2.05, 4.69) is 15.0 Å². The highest BCUT2D eigenvalue weighted by Gasteiger charge is 2.17. The van der Waals surface area contributed by atoms with Gasteiger partial charge in [0.2, 0.25) is 10.0 Å². The quantitative estimate of drug-likeness (QED) is 0.477. The van der Waals surface area contributed by atoms with Gasteiger partial charge in [-0.1, -0.05) is 35.9 Å². The molecular formula is C20H24Cl3N3O2S. The van der Waals surface area contributed by atoms with Gasteiger partial charge >= 0.3 is 0 Å². The van der Waals surface area contributed by atoms with Gasteiger partial charge in [0, 0.05) is 35.4 Å². The minimum absolute atomic E-state index is 0. The van der Waals surface area contributed by atoms with Crippen LogP contribution in [-0.4, -0.2) is 32.5 Å². The van der Waals surface area contributed by atoms with E-state index in [0.29, 0.717) is 6.54 Å². The van der Waals surface area contributed by atoms with E-state index in [1.807, 2.05) is 31.2 Å². The molecule has 1 atom stereocenters. The number of rotatable bonds is 8. The van der Waals surface area contributed by atoms with E-state index < -0.39 is 10.0 Å². The number of hydrogen-bond donors (Lipinski definition) is 2. The Morgan fingerprint density at radius 3 is 2.59 bits per heavy atom. The van der Waals surface area contributed by atoms with Crippen LogP contribution in [0.15, 0.2) is 65.8 Å². The number of nitrogens with zero attached hydrogens (tertiary/aromatic N) is 1. The van der Waals surface area contributed by atoms with Crippen molar-refractivity contribution in [3.63, 3.8) is 0 Å². The van der Waals surface area contributed by atoms with E-state index in [1.165, 1.54) is 0 Å². The van der Waals surface area contributed by atoms with E-state index in [0.717, 1.165) is 34.3 Å². The summed E-state index contributed by atoms with van der Waals surface area (Å²) < 4.78 is 27.9. The maximum Gasteiger partial charge on any atom is 0.240 e. The summed E-state index contributed by atoms with van der Waals surface area (Å²) in [5, 5.41) is 5.77. The molecule has 0 radical (unpaired) electrons. The van der Waals surface area contributed by atoms with Crippen LogP contribution in [0.1, 0.15) is 12.5 Å². The normalized spacial score (nSPS) is 12.1. The number of pyridine rings is 1. The third-order valence-electron chi connectivity index (χ3n) is 4.26. The molecule has 29 heavy (non-hydrogen) atoms. The van der Waals surface area contributed by atoms with Gasteiger partial charge in [0.1, 0.15) is 0 Å². The van der Waals surface area contributed by atoms with Gasteiger partial charge in [0.25, 0.3) is 0 Å². The first-order chi connectivity index (χ1) is 13.0. The van der Waals surface area contributed by atoms with E-state index in [-0.39, 0.29) is 35.8 Å². The van der Waals surface area contributed by atoms with Crippen LogP contribution in [-0.2, 0) is 16.4 Å². The first-order valence-electron chi connectivity index (χ1n) is 8.76. The molecule has 0 bridgehead atoms. The van der Waals surface area contributed by atoms with Gasteiger partial charge in [-0.15, -0.1) is 24.8 Å². The summed E-state index contributed by atoms with van der Waals surface area (Å²) in [6.45, 7) is 3.09. The van der Waals surface area contributed by atoms with E-state index in [1.54, 1.807) is 36.7 Å². The van der Waals surface area contributed by atoms with Gasteiger partial charge in [-0.3, -0.25) is 4.98 Å². The number of nitrogens with one attached hydrogen (secondary N) is 2. The molecule has 0 fully saturated rings. The second-order valence-corrected chi connectivity index (χ2v) is 8.57. The lowest BCUT2D eigenvalue weighted by atomic mass is 10.1. The number of hydrogen-bond acceptors (Lipinski definition) is 4. The zero-order chi connectivity index (χ0) is 19.3. The van der Waals surface area contributed by atoms with Gasteiger partial charge in [-0.05, 0) is 55.1 Å². The van der Waals surface area contributed by atoms with Crippen molar-refractivity contribution in [3.8, 4) is 0 Å². The Balaban J connectivity index is 0.00000210. The van der Waals surface area contributed by atoms with Crippen molar-refractivity contribution in [1.29, 1.82) is 0 Å². The highest BCUT2D eigenvalue weighted by atomic mass is 35.5. The summed E-state index contributed by atoms with van der Waals surface area (Å²) in [6, 6.07) is 14.3. The fourth-order valence-electron chi connectivity index (χ4n) is 2.85. The standard InChI is InChI=1S/C20H22ClN3O2S.2ClH/c1-15(13-22-10-8-16-4-2-3-5-20(16)21)24-27(25,26)19-7-6-18-14-23-11-9-17(18)12-19;;/h2-7,9,11-12,14-15,22,24H,8,10,13H2,1H3;2*1H. The number of sulfonamides is 1. The van der Waals surface area contributed by atoms with Crippen molar-refractivity contribution >= 4 is 57.2 Å². The fourth-order valence-corrected chi connectivity index (χ4v) is 4.35. The third kappa shape index (κ3) is 7.10. The molecule has 3 rings (SSSR count). The summed E-state index contributed by atoms with van der Waals surface area (Å²) in [6.07, 6.45) is 4.15. The molecule has 2 aromatic carbocycles. The molecule has 0 aliphatic rings. The maximum atomic E-state index is 12.6. The predicted octanol–water partition coefficient (Wildman–Crippen LogP) is 4.23. The van der Waals surface area contributed by atoms with Gasteiger partial charge < -0.3 is 5.32 Å². The zero-order valence-corrected chi connectivity index (χ0v) is 19.0. The summed E-state index contributed by atoms with van der Waals surface area (Å²) in [7, 11) is -3.58. The molecule has 0 saturated heterocycles. The lowest BCUT2D eigenvalue weighted by molar-refractivity contribution is 0.537. The van der Waals surface area contributed by atoms with Crippen LogP contribution in [0, 0.1) is 0 Å². The van der Waals surface area contributed by atoms with Gasteiger partial charge in [0.05, 0.1) is 4.90 Å². The first kappa shape index (κ1) is 25.6. The number of fused-ring (bicyclic) bond motifs is 1. The molecule has 0 aliphatic heterocycles. The van der Waals surface area contributed by atoms with E-state index in [9.17, 15) is 8.42 Å². The van der Waals surface area contributed by atoms with Crippen LogP contribution >= 0.6 is 36.4 Å². The van der Waals surface area contributed by atoms with Crippen LogP contribution in [0.3, 0.4) is 0 Å². The molecule has 9 heteroatoms. The SMILES string of the molecule is CC(CNCCc1ccccc1Cl)NS(=O)(=O)c1ccc2cnccc2c1.Cl.Cl. The second-order valence-electron chi connectivity index (χ2n) is 6.45. The zero-order valence-electron chi connectivity index (χ0n) is 15.8. The Morgan fingerprint density at radius 1 is 1.07 bits per heavy atom. The van der Waals surface area contributed by atoms with Crippen molar-refractivity contribution in [3.05, 3.63) is 71.5 Å². The molecule has 158 valence electrons. The Kier molecular flexibility index (Phi) is 10.3. The number of aromatic nitrogens is 1. The molecule has 3 aromatic rings. The molecular weight excluding hydrogens is 453 g/mol. The van der Waals surface area contributed by atoms with Crippen molar-refractivity contribution < 1.29 is 8.42 Å². The second kappa shape index (κ2) is 11.7. The van der Waals surface area contributed by atoms with Crippen LogP contribution in [0.4, 0.5) is 0 Å². The van der Waals surface area contributed by atoms with Crippen molar-refractivity contribution in [2.75, 3.05) is 13.1 Å². The molecule has 1 heterocycles. The Morgan fingerprint density at radius 2 is 1.83 bits per heavy atom. The lowest BCUT2D eigenvalue weighted by Crippen LogP contribution is -2.40. The molecule has 1 unspecified atom stereocenters. The van der Waals surface area contributed by atoms with E-state index >= 15 is 0 Å². The Hall–Kier alpha value is -1.41. The van der Waals surface area contributed by atoms with E-state index in [4.69, 9.17) is 11.6 Å². The highest BCUT2D eigenvalue weighted by molar-refractivity contribution is 7.89. The topological polar surface area (TPSA) is 71.1 Å². The number of benzene rings is 2. The molecule has 2 N–H and O–H groups in total. The molecule has 0 saturated carbocycles. The summed E-state index contributed by atoms with van der Waals surface area (Å²) >= 11 is 6.14. The van der Waals surface area contributed by atoms with Gasteiger partial charge in [-0.2, -0.15) is 0 Å². The molecule has 5 nitrogen and oxygen atoms in total. The van der Waals surface area contributed by atoms with Gasteiger partial charge in [-0.25, -0.2) is 13.1 Å². The van der Waals surface area contributed by atoms with Crippen LogP contribution < -0.4 is 10.0 Å². The Bertz CT molecular complexity index is 1030. The monoisotopic (exact) mass is 475 g/mol. The average Bonchev–Trinajstić information content (AvgIpc) is 2.66. The average molecular weight is 477 g/mol. The molecule has 0 spiro atoms. The Labute approximate surface area is 189 Å². The van der Waals surface area contributed by atoms with Gasteiger partial charge in [0.15, 0.2) is 0 Å². The predicted molar refractivity (Wildman–Crippen MR) is 124 cm³/mol. The first-order valence-corrected chi connectivity index (χ1v) is 10.6. The lowest BCUT2D eigenvalue weighted by Gasteiger charge is -2.15. The summed E-state index contributed by atoms with van der Waals surface area (Å²) in [5.41, 5.74) is 1.07. The van der Waals surface area contributed by atoms with Crippen molar-refractivity contribution in [1.82, 2.24) is 15.0 Å². The molecule has 0 amide bonds. The van der Waals surface area contributed by atoms with Crippen LogP contribution in [0.5, 0.6) is 0 Å². The fraction of sp³-hybridized carbons (Fsp3) is 0.250. The third-order valence-corrected chi connectivity index (χ3v) is 6.21. The summed E-state index contributed by atoms with van der Waals surface area (Å²) in [4.78, 5) is 4.29. The highest BCUT2D eigenvalue weighted by Crippen LogP contribution is 2.18. The van der Waals surface area contributed by atoms with Crippen LogP contribution in [0.25, 0.3) is 10.8 Å². The summed E-state index contributed by atoms with van der Waals surface area (Å²) in [5.74, 6) is 0. The van der Waals surface area contributed by atoms with Crippen molar-refractivity contribution in [2.24, 2.45) is 0 Å². The molecule has 0 aliphatic carbocycles. The minimum Gasteiger partial charge on any atom is -0.315 e. The van der Waals surface area contributed by atoms with Crippen LogP contribution in [0.2, 0.25) is 5.02 Å².